The van der Waals surface area contributed by atoms with Crippen LogP contribution in [-0.4, -0.2) is 59.7 Å². The van der Waals surface area contributed by atoms with Gasteiger partial charge in [-0.05, 0) is 136 Å². The van der Waals surface area contributed by atoms with E-state index in [0.717, 1.165) is 90.2 Å². The Bertz CT molecular complexity index is 1140. The lowest BCUT2D eigenvalue weighted by molar-refractivity contribution is -0.167. The molecule has 6 heteroatoms. The van der Waals surface area contributed by atoms with E-state index in [-0.39, 0.29) is 11.7 Å². The predicted octanol–water partition coefficient (Wildman–Crippen LogP) is 9.69. The number of carbonyl (C=O) groups is 1. The quantitative estimate of drug-likeness (QED) is 0.144. The predicted molar refractivity (Wildman–Crippen MR) is 194 cm³/mol. The Morgan fingerprint density at radius 2 is 1.75 bits per heavy atom. The van der Waals surface area contributed by atoms with E-state index in [9.17, 15) is 15.0 Å². The van der Waals surface area contributed by atoms with Crippen molar-refractivity contribution in [3.8, 4) is 5.75 Å². The summed E-state index contributed by atoms with van der Waals surface area (Å²) in [7, 11) is 1.95. The zero-order valence-corrected chi connectivity index (χ0v) is 30.9. The molecule has 1 amide bonds. The van der Waals surface area contributed by atoms with Crippen molar-refractivity contribution in [3.05, 3.63) is 29.3 Å². The Morgan fingerprint density at radius 1 is 0.979 bits per heavy atom. The Balaban J connectivity index is 1.09. The van der Waals surface area contributed by atoms with E-state index in [0.29, 0.717) is 48.4 Å². The molecule has 3 fully saturated rings. The monoisotopic (exact) mass is 668 g/mol. The molecule has 0 bridgehead atoms. The van der Waals surface area contributed by atoms with Crippen LogP contribution in [0.25, 0.3) is 0 Å². The van der Waals surface area contributed by atoms with E-state index >= 15 is 0 Å². The maximum absolute atomic E-state index is 12.3. The number of hydrogen-bond acceptors (Lipinski definition) is 5. The van der Waals surface area contributed by atoms with Gasteiger partial charge in [0.15, 0.2) is 6.29 Å². The summed E-state index contributed by atoms with van der Waals surface area (Å²) >= 11 is 0. The van der Waals surface area contributed by atoms with Crippen molar-refractivity contribution >= 4 is 5.91 Å². The smallest absolute Gasteiger partial charge is 0.222 e. The summed E-state index contributed by atoms with van der Waals surface area (Å²) in [6, 6.07) is 6.16. The number of nitrogens with zero attached hydrogens (tertiary/aromatic N) is 1. The molecule has 0 aromatic heterocycles. The van der Waals surface area contributed by atoms with Crippen LogP contribution in [0.2, 0.25) is 0 Å². The second-order valence-electron chi connectivity index (χ2n) is 16.5. The minimum Gasteiger partial charge on any atom is -0.508 e. The highest BCUT2D eigenvalue weighted by Gasteiger charge is 2.62. The number of aromatic hydroxyl groups is 1. The van der Waals surface area contributed by atoms with E-state index in [1.165, 1.54) is 68.9 Å². The number of ether oxygens (including phenoxy) is 2. The zero-order valence-electron chi connectivity index (χ0n) is 30.9. The van der Waals surface area contributed by atoms with Gasteiger partial charge in [-0.3, -0.25) is 4.79 Å². The van der Waals surface area contributed by atoms with Crippen molar-refractivity contribution in [1.29, 1.82) is 0 Å². The van der Waals surface area contributed by atoms with Crippen molar-refractivity contribution in [3.63, 3.8) is 0 Å². The second kappa shape index (κ2) is 18.0. The first-order valence-corrected chi connectivity index (χ1v) is 20.3. The standard InChI is InChI=1S/C42H69NO5/c1-4-5-27-43(3)38(45)18-13-11-9-7-6-8-10-12-17-32-30-33-31-34(44)20-21-35(33)36-22-25-41(2)37(40(32)36)23-26-42(41,46)24-16-29-48-39-19-14-15-28-47-39/h20-21,31-32,36-37,39-40,44,46H,4-19,22-30H2,1-3H3/t32-,36-,37+,39?,40-,41+,42+/m1/s1. The van der Waals surface area contributed by atoms with E-state index in [2.05, 4.69) is 19.9 Å². The molecule has 48 heavy (non-hydrogen) atoms. The molecule has 272 valence electrons. The Labute approximate surface area is 292 Å². The summed E-state index contributed by atoms with van der Waals surface area (Å²) in [5.74, 6) is 3.04. The molecule has 0 radical (unpaired) electrons. The summed E-state index contributed by atoms with van der Waals surface area (Å²) in [6.07, 6.45) is 24.4. The minimum absolute atomic E-state index is 0.0439. The van der Waals surface area contributed by atoms with E-state index in [1.54, 1.807) is 0 Å². The minimum atomic E-state index is -0.614. The third-order valence-corrected chi connectivity index (χ3v) is 13.4. The Kier molecular flexibility index (Phi) is 14.1. The van der Waals surface area contributed by atoms with Gasteiger partial charge < -0.3 is 24.6 Å². The fraction of sp³-hybridized carbons (Fsp3) is 0.833. The molecule has 1 saturated heterocycles. The highest BCUT2D eigenvalue weighted by atomic mass is 16.7. The number of unbranched alkanes of at least 4 members (excludes halogenated alkanes) is 8. The first-order valence-electron chi connectivity index (χ1n) is 20.3. The van der Waals surface area contributed by atoms with Gasteiger partial charge in [-0.1, -0.05) is 71.3 Å². The SMILES string of the molecule is CCCCN(C)C(=O)CCCCCCCCCC[C@@H]1Cc2cc(O)ccc2[C@H]2CC[C@@]3(C)[C@@H](CC[C@@]3(O)CCCOC3CCCCO3)[C@H]12. The number of carbonyl (C=O) groups excluding carboxylic acids is 1. The van der Waals surface area contributed by atoms with Gasteiger partial charge in [-0.25, -0.2) is 0 Å². The number of phenols is 1. The van der Waals surface area contributed by atoms with Gasteiger partial charge in [0, 0.05) is 33.2 Å². The maximum atomic E-state index is 12.3. The Hall–Kier alpha value is -1.63. The zero-order chi connectivity index (χ0) is 34.0. The van der Waals surface area contributed by atoms with Crippen LogP contribution in [0, 0.1) is 23.2 Å². The van der Waals surface area contributed by atoms with Crippen LogP contribution < -0.4 is 0 Å². The van der Waals surface area contributed by atoms with Gasteiger partial charge in [0.05, 0.1) is 5.60 Å². The molecular formula is C42H69NO5. The van der Waals surface area contributed by atoms with Crippen LogP contribution >= 0.6 is 0 Å². The molecule has 2 N–H and O–H groups in total. The third-order valence-electron chi connectivity index (χ3n) is 13.4. The molecule has 5 rings (SSSR count). The topological polar surface area (TPSA) is 79.2 Å². The molecule has 6 nitrogen and oxygen atoms in total. The molecular weight excluding hydrogens is 598 g/mol. The lowest BCUT2D eigenvalue weighted by Crippen LogP contribution is -2.52. The van der Waals surface area contributed by atoms with Crippen LogP contribution in [-0.2, 0) is 20.7 Å². The molecule has 2 saturated carbocycles. The first-order chi connectivity index (χ1) is 23.3. The lowest BCUT2D eigenvalue weighted by atomic mass is 9.50. The van der Waals surface area contributed by atoms with Crippen LogP contribution in [0.1, 0.15) is 166 Å². The van der Waals surface area contributed by atoms with Gasteiger partial charge in [0.2, 0.25) is 5.91 Å². The fourth-order valence-corrected chi connectivity index (χ4v) is 10.5. The number of benzene rings is 1. The lowest BCUT2D eigenvalue weighted by Gasteiger charge is -2.55. The summed E-state index contributed by atoms with van der Waals surface area (Å²) < 4.78 is 11.8. The number of amides is 1. The normalized spacial score (nSPS) is 31.2. The van der Waals surface area contributed by atoms with Crippen LogP contribution in [0.15, 0.2) is 18.2 Å². The van der Waals surface area contributed by atoms with Crippen LogP contribution in [0.4, 0.5) is 0 Å². The number of aliphatic hydroxyl groups is 1. The number of rotatable bonds is 19. The van der Waals surface area contributed by atoms with Gasteiger partial charge in [0.25, 0.3) is 0 Å². The van der Waals surface area contributed by atoms with Crippen molar-refractivity contribution in [2.75, 3.05) is 26.8 Å². The maximum Gasteiger partial charge on any atom is 0.222 e. The van der Waals surface area contributed by atoms with E-state index in [4.69, 9.17) is 9.47 Å². The second-order valence-corrected chi connectivity index (χ2v) is 16.5. The van der Waals surface area contributed by atoms with Crippen LogP contribution in [0.5, 0.6) is 5.75 Å². The molecule has 1 unspecified atom stereocenters. The molecule has 7 atom stereocenters. The number of fused-ring (bicyclic) bond motifs is 5. The number of phenolic OH excluding ortho intramolecular Hbond substituents is 1. The van der Waals surface area contributed by atoms with Crippen molar-refractivity contribution in [2.24, 2.45) is 23.2 Å². The molecule has 4 aliphatic rings. The largest absolute Gasteiger partial charge is 0.508 e. The third kappa shape index (κ3) is 9.18. The summed E-state index contributed by atoms with van der Waals surface area (Å²) in [5.41, 5.74) is 2.19. The fourth-order valence-electron chi connectivity index (χ4n) is 10.5. The molecule has 1 aromatic carbocycles. The first kappa shape index (κ1) is 37.6. The van der Waals surface area contributed by atoms with Gasteiger partial charge in [-0.15, -0.1) is 0 Å². The van der Waals surface area contributed by atoms with E-state index in [1.807, 2.05) is 24.1 Å². The molecule has 0 spiro atoms. The van der Waals surface area contributed by atoms with Gasteiger partial charge >= 0.3 is 0 Å². The van der Waals surface area contributed by atoms with Crippen molar-refractivity contribution < 1.29 is 24.5 Å². The van der Waals surface area contributed by atoms with Crippen LogP contribution in [0.3, 0.4) is 0 Å². The molecule has 1 aliphatic heterocycles. The highest BCUT2D eigenvalue weighted by Crippen LogP contribution is 2.66. The summed E-state index contributed by atoms with van der Waals surface area (Å²) in [6.45, 7) is 6.97. The highest BCUT2D eigenvalue weighted by molar-refractivity contribution is 5.75. The molecule has 1 aromatic rings. The molecule has 3 aliphatic carbocycles. The van der Waals surface area contributed by atoms with Gasteiger partial charge in [-0.2, -0.15) is 0 Å². The average Bonchev–Trinajstić information content (AvgIpc) is 3.36. The average molecular weight is 668 g/mol. The van der Waals surface area contributed by atoms with Crippen molar-refractivity contribution in [2.45, 2.75) is 173 Å². The summed E-state index contributed by atoms with van der Waals surface area (Å²) in [5, 5.41) is 22.7. The van der Waals surface area contributed by atoms with E-state index < -0.39 is 5.60 Å². The number of hydrogen-bond donors (Lipinski definition) is 2. The van der Waals surface area contributed by atoms with Crippen molar-refractivity contribution in [1.82, 2.24) is 4.90 Å². The Morgan fingerprint density at radius 3 is 2.50 bits per heavy atom. The molecule has 1 heterocycles. The van der Waals surface area contributed by atoms with Gasteiger partial charge in [0.1, 0.15) is 5.75 Å². The summed E-state index contributed by atoms with van der Waals surface area (Å²) in [4.78, 5) is 14.2.